The molecule has 21 aromatic carbocycles. The number of nitriles is 1. The maximum Gasteiger partial charge on any atom is 0.202 e. The molecule has 594 valence electrons. The van der Waals surface area contributed by atoms with Gasteiger partial charge in [0, 0.05) is 48.7 Å². The fourth-order valence-corrected chi connectivity index (χ4v) is 20.7. The summed E-state index contributed by atoms with van der Waals surface area (Å²) in [5.74, 6) is 0.990. The van der Waals surface area contributed by atoms with Gasteiger partial charge in [0.1, 0.15) is 22.8 Å². The molecule has 0 atom stereocenters. The molecule has 0 unspecified atom stereocenters. The molecule has 0 aliphatic heterocycles. The molecule has 0 bridgehead atoms. The maximum absolute atomic E-state index is 10.0. The summed E-state index contributed by atoms with van der Waals surface area (Å²) < 4.78 is 9.14. The van der Waals surface area contributed by atoms with E-state index in [0.29, 0.717) is 10.8 Å². The third kappa shape index (κ3) is 11.1. The average Bonchev–Trinajstić information content (AvgIpc) is 1.63. The Kier molecular flexibility index (Phi) is 16.5. The second-order valence-corrected chi connectivity index (χ2v) is 32.9. The molecule has 0 aliphatic carbocycles. The summed E-state index contributed by atoms with van der Waals surface area (Å²) in [5, 5.41) is 41.1. The van der Waals surface area contributed by atoms with E-state index < -0.39 is 0 Å². The quantitative estimate of drug-likeness (QED) is 0.0974. The molecule has 12 heteroatoms. The van der Waals surface area contributed by atoms with Gasteiger partial charge in [-0.2, -0.15) is 5.26 Å². The summed E-state index contributed by atoms with van der Waals surface area (Å²) in [5.41, 5.74) is 18.1. The van der Waals surface area contributed by atoms with E-state index in [2.05, 4.69) is 379 Å². The number of pyridine rings is 3. The van der Waals surface area contributed by atoms with Gasteiger partial charge in [-0.1, -0.05) is 315 Å². The predicted octanol–water partition coefficient (Wildman–Crippen LogP) is 31.3. The van der Waals surface area contributed by atoms with Gasteiger partial charge in [0.15, 0.2) is 5.69 Å². The summed E-state index contributed by atoms with van der Waals surface area (Å²) in [6, 6.07) is 137. The van der Waals surface area contributed by atoms with Gasteiger partial charge in [-0.3, -0.25) is 32.3 Å². The van der Waals surface area contributed by atoms with Crippen LogP contribution in [0.4, 0.5) is 17.1 Å². The van der Waals surface area contributed by atoms with Crippen LogP contribution in [-0.4, -0.2) is 37.7 Å². The van der Waals surface area contributed by atoms with Crippen molar-refractivity contribution in [3.05, 3.63) is 428 Å². The van der Waals surface area contributed by atoms with Gasteiger partial charge >= 0.3 is 0 Å². The number of benzene rings is 21. The zero-order chi connectivity index (χ0) is 85.8. The summed E-state index contributed by atoms with van der Waals surface area (Å²) in [4.78, 5) is 30.8. The maximum atomic E-state index is 10.0. The van der Waals surface area contributed by atoms with E-state index in [1.54, 1.807) is 0 Å². The lowest BCUT2D eigenvalue weighted by Crippen LogP contribution is -2.02. The Hall–Kier alpha value is -18.2. The minimum atomic E-state index is -0.0751. The van der Waals surface area contributed by atoms with Crippen LogP contribution in [0.2, 0.25) is 0 Å². The first-order valence-corrected chi connectivity index (χ1v) is 42.9. The van der Waals surface area contributed by atoms with Gasteiger partial charge in [0.2, 0.25) is 11.4 Å². The lowest BCUT2D eigenvalue weighted by Gasteiger charge is -2.20. The molecular formula is C117H66N12. The van der Waals surface area contributed by atoms with Crippen molar-refractivity contribution >= 4 is 240 Å². The van der Waals surface area contributed by atoms with E-state index in [1.165, 1.54) is 136 Å². The molecule has 129 heavy (non-hydrogen) atoms. The lowest BCUT2D eigenvalue weighted by molar-refractivity contribution is 1.01. The van der Waals surface area contributed by atoms with Crippen LogP contribution in [0.15, 0.2) is 382 Å². The van der Waals surface area contributed by atoms with E-state index in [1.807, 2.05) is 48.5 Å². The van der Waals surface area contributed by atoms with Crippen molar-refractivity contribution in [1.82, 2.24) is 37.7 Å². The summed E-state index contributed by atoms with van der Waals surface area (Å²) in [7, 11) is 0. The molecule has 12 nitrogen and oxygen atoms in total. The Morgan fingerprint density at radius 3 is 1.19 bits per heavy atom. The number of rotatable bonds is 2. The van der Waals surface area contributed by atoms with Crippen molar-refractivity contribution in [2.45, 2.75) is 6.92 Å². The number of imidazole rings is 4. The Labute approximate surface area is 735 Å². The van der Waals surface area contributed by atoms with Gasteiger partial charge < -0.3 is 0 Å². The number of aromatic nitrogens is 8. The minimum Gasteiger partial charge on any atom is -0.295 e. The van der Waals surface area contributed by atoms with Crippen LogP contribution < -0.4 is 0 Å². The predicted molar refractivity (Wildman–Crippen MR) is 535 cm³/mol. The second-order valence-electron chi connectivity index (χ2n) is 32.9. The monoisotopic (exact) mass is 1640 g/mol. The molecular weight excluding hydrogens is 1570 g/mol. The molecule has 0 radical (unpaired) electrons. The van der Waals surface area contributed by atoms with Crippen molar-refractivity contribution in [2.75, 3.05) is 0 Å². The molecule has 28 rings (SSSR count). The van der Waals surface area contributed by atoms with Crippen molar-refractivity contribution in [3.8, 4) is 22.9 Å². The number of nitrogens with zero attached hydrogens (tertiary/aromatic N) is 12. The van der Waals surface area contributed by atoms with Crippen molar-refractivity contribution < 1.29 is 0 Å². The molecule has 28 aromatic rings. The van der Waals surface area contributed by atoms with Crippen LogP contribution >= 0.6 is 0 Å². The normalized spacial score (nSPS) is 11.7. The zero-order valence-electron chi connectivity index (χ0n) is 69.2. The number of hydrogen-bond acceptors (Lipinski definition) is 5. The first-order valence-electron chi connectivity index (χ1n) is 42.9. The van der Waals surface area contributed by atoms with Crippen molar-refractivity contribution in [3.63, 3.8) is 0 Å². The summed E-state index contributed by atoms with van der Waals surface area (Å²) in [6.07, 6.45) is 0. The van der Waals surface area contributed by atoms with Crippen LogP contribution in [0, 0.1) is 38.0 Å². The van der Waals surface area contributed by atoms with Gasteiger partial charge in [0.05, 0.1) is 97.7 Å². The molecule has 0 fully saturated rings. The molecule has 0 amide bonds. The Morgan fingerprint density at radius 2 is 0.643 bits per heavy atom. The van der Waals surface area contributed by atoms with Gasteiger partial charge in [0.25, 0.3) is 0 Å². The van der Waals surface area contributed by atoms with E-state index in [0.717, 1.165) is 99.3 Å². The Bertz CT molecular complexity index is 10000. The van der Waals surface area contributed by atoms with E-state index >= 15 is 0 Å². The number of hydrogen-bond donors (Lipinski definition) is 0. The van der Waals surface area contributed by atoms with Crippen LogP contribution in [-0.2, 0) is 0 Å². The van der Waals surface area contributed by atoms with Crippen LogP contribution in [0.1, 0.15) is 11.4 Å². The fraction of sp³-hybridized carbons (Fsp3) is 0.00855. The number of fused-ring (bicyclic) bond motifs is 40. The number of aryl methyl sites for hydroxylation is 1. The summed E-state index contributed by atoms with van der Waals surface area (Å²) in [6.45, 7) is 25.3. The minimum absolute atomic E-state index is 0.0719. The fourth-order valence-electron chi connectivity index (χ4n) is 20.7. The zero-order valence-corrected chi connectivity index (χ0v) is 69.2. The highest BCUT2D eigenvalue weighted by molar-refractivity contribution is 6.31. The Balaban J connectivity index is 0.0000000935. The highest BCUT2D eigenvalue weighted by atomic mass is 15.1. The molecule has 7 heterocycles. The molecule has 0 aliphatic rings. The van der Waals surface area contributed by atoms with E-state index in [-0.39, 0.29) is 22.6 Å². The van der Waals surface area contributed by atoms with Gasteiger partial charge in [-0.15, -0.1) is 0 Å². The largest absolute Gasteiger partial charge is 0.295 e. The molecule has 0 saturated heterocycles. The van der Waals surface area contributed by atoms with Gasteiger partial charge in [-0.05, 0) is 182 Å². The highest BCUT2D eigenvalue weighted by Gasteiger charge is 2.27. The van der Waals surface area contributed by atoms with Crippen LogP contribution in [0.5, 0.6) is 0 Å². The molecule has 7 aromatic heterocycles. The highest BCUT2D eigenvalue weighted by Crippen LogP contribution is 2.51. The van der Waals surface area contributed by atoms with E-state index in [4.69, 9.17) is 39.7 Å². The molecule has 0 saturated carbocycles. The average molecular weight is 1640 g/mol. The van der Waals surface area contributed by atoms with Crippen molar-refractivity contribution in [2.24, 2.45) is 0 Å². The first kappa shape index (κ1) is 73.5. The third-order valence-corrected chi connectivity index (χ3v) is 26.2. The topological polar surface area (TPSA) is 107 Å². The third-order valence-electron chi connectivity index (χ3n) is 26.2. The van der Waals surface area contributed by atoms with Gasteiger partial charge in [-0.25, -0.2) is 19.9 Å². The summed E-state index contributed by atoms with van der Waals surface area (Å²) >= 11 is 0. The number of para-hydroxylation sites is 8. The SMILES string of the molecule is Cc1nc2ccccc2n1-c1c(-c2ccc3ccccc3c2)c2ccccc2c2ccccc12.[C-]#[N+]c1c([N+]#[C-])c([N+]#[C-])c2cc3c4ccc5ccccc5c4c4nc5ccccc5n4c3cc2c1C#N.c1ccc2c(c1)ccc1c2c2ccc3ccccc3c2c2nc3ccccc3n12.c1ccc2c(c1)ccc1c3ccc4ccccc4c3n3c4ccccc4nc3c21. The lowest BCUT2D eigenvalue weighted by atomic mass is 9.90. The van der Waals surface area contributed by atoms with E-state index in [9.17, 15) is 5.26 Å². The smallest absolute Gasteiger partial charge is 0.202 e. The second kappa shape index (κ2) is 29.0. The van der Waals surface area contributed by atoms with Crippen LogP contribution in [0.25, 0.3) is 254 Å². The van der Waals surface area contributed by atoms with Crippen LogP contribution in [0.3, 0.4) is 0 Å². The van der Waals surface area contributed by atoms with Crippen molar-refractivity contribution in [1.29, 1.82) is 5.26 Å². The standard InChI is InChI=1S/C32H22N2.C31H12N6.2C27H16N2/c1-21-33-29-16-8-9-17-30(29)34(21)32-28-15-7-5-13-26(28)25-12-4-6-14-27(25)31(32)24-19-18-22-10-2-3-11-23(22)20-24;1-33-28-22-14-21-19-13-12-17-8-4-5-9-18(17)27(19)31-36-24-10-6-7-11-25(24)37(31)26(21)15-20(22)23(16-32)29(34-2)30(28)35-3;1-3-9-19-18(8-1)14-16-24-25(19)21-15-13-17-7-2-4-10-20(17)26(21)27-28-22-11-5-6-12-23(22)29(24)27;1-3-9-19-17(7-1)13-15-21-22-16-14-18-8-2-4-10-20(18)26(22)29-24-12-6-5-11-23(24)28-27(29)25(19)21/h2-20H,1H3;4-15H;2*1-16H. The Morgan fingerprint density at radius 1 is 0.256 bits per heavy atom. The molecule has 0 N–H and O–H groups in total. The first-order chi connectivity index (χ1) is 63.8. The molecule has 0 spiro atoms.